The first kappa shape index (κ1) is 16.4. The number of amides is 2. The van der Waals surface area contributed by atoms with Crippen LogP contribution in [0.25, 0.3) is 0 Å². The van der Waals surface area contributed by atoms with E-state index in [4.69, 9.17) is 0 Å². The van der Waals surface area contributed by atoms with Crippen LogP contribution in [0.2, 0.25) is 0 Å². The van der Waals surface area contributed by atoms with E-state index in [0.717, 1.165) is 12.8 Å². The van der Waals surface area contributed by atoms with E-state index in [0.29, 0.717) is 29.5 Å². The lowest BCUT2D eigenvalue weighted by atomic mass is 9.97. The second-order valence-corrected chi connectivity index (χ2v) is 6.67. The lowest BCUT2D eigenvalue weighted by molar-refractivity contribution is -0.121. The molecule has 1 aliphatic rings. The van der Waals surface area contributed by atoms with Crippen LogP contribution in [0, 0.1) is 5.92 Å². The maximum absolute atomic E-state index is 12.6. The smallest absolute Gasteiger partial charge is 0.270 e. The summed E-state index contributed by atoms with van der Waals surface area (Å²) in [6.07, 6.45) is 4.67. The Hall–Kier alpha value is -2.48. The first-order valence-corrected chi connectivity index (χ1v) is 8.61. The summed E-state index contributed by atoms with van der Waals surface area (Å²) < 4.78 is 0. The predicted molar refractivity (Wildman–Crippen MR) is 90.2 cm³/mol. The van der Waals surface area contributed by atoms with Crippen LogP contribution in [-0.4, -0.2) is 45.6 Å². The number of likely N-dealkylation sites (tertiary alicyclic amines) is 1. The van der Waals surface area contributed by atoms with Gasteiger partial charge in [0.2, 0.25) is 5.91 Å². The zero-order chi connectivity index (χ0) is 17.1. The molecule has 0 aromatic carbocycles. The zero-order valence-electron chi connectivity index (χ0n) is 13.2. The lowest BCUT2D eigenvalue weighted by Gasteiger charge is -2.31. The van der Waals surface area contributed by atoms with Crippen molar-refractivity contribution in [2.24, 2.45) is 5.92 Å². The molecule has 1 fully saturated rings. The topological polar surface area (TPSA) is 95.2 Å². The van der Waals surface area contributed by atoms with Crippen molar-refractivity contribution in [1.29, 1.82) is 0 Å². The zero-order valence-corrected chi connectivity index (χ0v) is 14.1. The molecule has 2 N–H and O–H groups in total. The van der Waals surface area contributed by atoms with Gasteiger partial charge in [-0.1, -0.05) is 0 Å². The van der Waals surface area contributed by atoms with Gasteiger partial charge in [-0.05, 0) is 25.8 Å². The Morgan fingerprint density at radius 3 is 2.92 bits per heavy atom. The van der Waals surface area contributed by atoms with E-state index < -0.39 is 0 Å². The van der Waals surface area contributed by atoms with Gasteiger partial charge in [-0.25, -0.2) is 4.98 Å². The second kappa shape index (κ2) is 6.96. The first-order chi connectivity index (χ1) is 11.5. The number of ketones is 1. The summed E-state index contributed by atoms with van der Waals surface area (Å²) in [6.45, 7) is 2.43. The van der Waals surface area contributed by atoms with E-state index in [1.165, 1.54) is 24.5 Å². The monoisotopic (exact) mass is 346 g/mol. The van der Waals surface area contributed by atoms with Crippen LogP contribution >= 0.6 is 11.3 Å². The van der Waals surface area contributed by atoms with Crippen molar-refractivity contribution < 1.29 is 14.4 Å². The third kappa shape index (κ3) is 3.53. The fourth-order valence-corrected chi connectivity index (χ4v) is 3.29. The molecular weight excluding hydrogens is 328 g/mol. The van der Waals surface area contributed by atoms with E-state index >= 15 is 0 Å². The number of Topliss-reactive ketones (excluding diaryl/α,β-unsaturated/α-hetero) is 1. The Morgan fingerprint density at radius 2 is 2.25 bits per heavy atom. The number of anilines is 1. The first-order valence-electron chi connectivity index (χ1n) is 7.73. The van der Waals surface area contributed by atoms with Gasteiger partial charge in [0, 0.05) is 36.4 Å². The standard InChI is InChI=1S/C16H18N4O3S/c1-10(21)12-7-13(18-8-12)15(23)20-5-2-3-11(9-20)14(22)19-16-17-4-6-24-16/h4,6-8,11,18H,2-3,5,9H2,1H3,(H,17,19,22). The molecule has 2 amide bonds. The van der Waals surface area contributed by atoms with Gasteiger partial charge >= 0.3 is 0 Å². The number of hydrogen-bond donors (Lipinski definition) is 2. The Bertz CT molecular complexity index is 753. The lowest BCUT2D eigenvalue weighted by Crippen LogP contribution is -2.43. The number of hydrogen-bond acceptors (Lipinski definition) is 5. The third-order valence-electron chi connectivity index (χ3n) is 4.06. The summed E-state index contributed by atoms with van der Waals surface area (Å²) in [5.74, 6) is -0.647. The molecule has 1 unspecified atom stereocenters. The molecule has 3 rings (SSSR count). The maximum atomic E-state index is 12.6. The molecule has 7 nitrogen and oxygen atoms in total. The van der Waals surface area contributed by atoms with Gasteiger partial charge in [0.15, 0.2) is 10.9 Å². The fraction of sp³-hybridized carbons (Fsp3) is 0.375. The molecule has 24 heavy (non-hydrogen) atoms. The van der Waals surface area contributed by atoms with E-state index in [1.807, 2.05) is 0 Å². The molecule has 1 saturated heterocycles. The molecule has 0 radical (unpaired) electrons. The van der Waals surface area contributed by atoms with Gasteiger partial charge in [0.1, 0.15) is 5.69 Å². The quantitative estimate of drug-likeness (QED) is 0.829. The van der Waals surface area contributed by atoms with Crippen LogP contribution in [-0.2, 0) is 4.79 Å². The SMILES string of the molecule is CC(=O)c1c[nH]c(C(=O)N2CCCC(C(=O)Nc3nccs3)C2)c1. The number of rotatable bonds is 4. The molecule has 1 atom stereocenters. The van der Waals surface area contributed by atoms with Crippen LogP contribution in [0.15, 0.2) is 23.8 Å². The number of piperidine rings is 1. The number of thiazole rings is 1. The maximum Gasteiger partial charge on any atom is 0.270 e. The Kier molecular flexibility index (Phi) is 4.75. The summed E-state index contributed by atoms with van der Waals surface area (Å²) in [7, 11) is 0. The van der Waals surface area contributed by atoms with Crippen molar-refractivity contribution >= 4 is 34.1 Å². The summed E-state index contributed by atoms with van der Waals surface area (Å²) in [5.41, 5.74) is 0.856. The molecule has 2 aromatic heterocycles. The van der Waals surface area contributed by atoms with Gasteiger partial charge in [0.25, 0.3) is 5.91 Å². The Balaban J connectivity index is 1.64. The molecule has 0 aliphatic carbocycles. The Labute approximate surface area is 143 Å². The fourth-order valence-electron chi connectivity index (χ4n) is 2.76. The highest BCUT2D eigenvalue weighted by Crippen LogP contribution is 2.21. The number of aromatic amines is 1. The van der Waals surface area contributed by atoms with E-state index in [2.05, 4.69) is 15.3 Å². The summed E-state index contributed by atoms with van der Waals surface area (Å²) in [6, 6.07) is 1.56. The highest BCUT2D eigenvalue weighted by atomic mass is 32.1. The number of nitrogens with zero attached hydrogens (tertiary/aromatic N) is 2. The average molecular weight is 346 g/mol. The third-order valence-corrected chi connectivity index (χ3v) is 4.75. The van der Waals surface area contributed by atoms with Crippen molar-refractivity contribution in [1.82, 2.24) is 14.9 Å². The minimum atomic E-state index is -0.256. The summed E-state index contributed by atoms with van der Waals surface area (Å²) in [4.78, 5) is 44.8. The molecule has 126 valence electrons. The molecule has 2 aromatic rings. The Morgan fingerprint density at radius 1 is 1.42 bits per heavy atom. The molecule has 3 heterocycles. The molecule has 1 aliphatic heterocycles. The largest absolute Gasteiger partial charge is 0.356 e. The minimum absolute atomic E-state index is 0.0929. The van der Waals surface area contributed by atoms with Crippen LogP contribution in [0.3, 0.4) is 0 Å². The van der Waals surface area contributed by atoms with Crippen molar-refractivity contribution in [3.05, 3.63) is 35.1 Å². The van der Waals surface area contributed by atoms with Crippen molar-refractivity contribution in [2.75, 3.05) is 18.4 Å². The molecular formula is C16H18N4O3S. The van der Waals surface area contributed by atoms with Crippen molar-refractivity contribution in [3.63, 3.8) is 0 Å². The van der Waals surface area contributed by atoms with Gasteiger partial charge in [-0.2, -0.15) is 0 Å². The number of H-pyrrole nitrogens is 1. The van der Waals surface area contributed by atoms with Gasteiger partial charge in [-0.3, -0.25) is 14.4 Å². The highest BCUT2D eigenvalue weighted by Gasteiger charge is 2.29. The predicted octanol–water partition coefficient (Wildman–Crippen LogP) is 2.16. The number of nitrogens with one attached hydrogen (secondary N) is 2. The van der Waals surface area contributed by atoms with Gasteiger partial charge in [-0.15, -0.1) is 11.3 Å². The van der Waals surface area contributed by atoms with Crippen LogP contribution in [0.1, 0.15) is 40.6 Å². The molecule has 0 bridgehead atoms. The number of carbonyl (C=O) groups is 3. The van der Waals surface area contributed by atoms with Gasteiger partial charge in [0.05, 0.1) is 5.92 Å². The second-order valence-electron chi connectivity index (χ2n) is 5.78. The van der Waals surface area contributed by atoms with Crippen LogP contribution in [0.4, 0.5) is 5.13 Å². The van der Waals surface area contributed by atoms with Crippen LogP contribution in [0.5, 0.6) is 0 Å². The van der Waals surface area contributed by atoms with E-state index in [1.54, 1.807) is 22.5 Å². The average Bonchev–Trinajstić information content (AvgIpc) is 3.26. The number of aromatic nitrogens is 2. The van der Waals surface area contributed by atoms with Crippen molar-refractivity contribution in [2.45, 2.75) is 19.8 Å². The summed E-state index contributed by atoms with van der Waals surface area (Å²) >= 11 is 1.36. The molecule has 0 spiro atoms. The normalized spacial score (nSPS) is 17.5. The van der Waals surface area contributed by atoms with E-state index in [9.17, 15) is 14.4 Å². The highest BCUT2D eigenvalue weighted by molar-refractivity contribution is 7.13. The molecule has 8 heteroatoms. The summed E-state index contributed by atoms with van der Waals surface area (Å²) in [5, 5.41) is 5.15. The van der Waals surface area contributed by atoms with Gasteiger partial charge < -0.3 is 15.2 Å². The molecule has 0 saturated carbocycles. The van der Waals surface area contributed by atoms with Crippen molar-refractivity contribution in [3.8, 4) is 0 Å². The minimum Gasteiger partial charge on any atom is -0.356 e. The van der Waals surface area contributed by atoms with E-state index in [-0.39, 0.29) is 23.5 Å². The van der Waals surface area contributed by atoms with Crippen LogP contribution < -0.4 is 5.32 Å². The number of carbonyl (C=O) groups excluding carboxylic acids is 3.